The highest BCUT2D eigenvalue weighted by Gasteiger charge is 2.23. The van der Waals surface area contributed by atoms with Gasteiger partial charge < -0.3 is 9.80 Å². The van der Waals surface area contributed by atoms with E-state index in [1.54, 1.807) is 23.2 Å². The number of nitrogens with zero attached hydrogens (tertiary/aromatic N) is 6. The second-order valence-electron chi connectivity index (χ2n) is 6.20. The molecule has 3 heterocycles. The largest absolute Gasteiger partial charge is 0.367 e. The summed E-state index contributed by atoms with van der Waals surface area (Å²) in [6.07, 6.45) is 1.53. The molecule has 1 aliphatic rings. The lowest BCUT2D eigenvalue weighted by Gasteiger charge is -2.37. The molecule has 3 aromatic rings. The quantitative estimate of drug-likeness (QED) is 0.697. The maximum absolute atomic E-state index is 12.2. The van der Waals surface area contributed by atoms with Crippen LogP contribution in [0.1, 0.15) is 0 Å². The predicted octanol–water partition coefficient (Wildman–Crippen LogP) is 1.65. The van der Waals surface area contributed by atoms with Gasteiger partial charge in [0.1, 0.15) is 11.8 Å². The van der Waals surface area contributed by atoms with E-state index in [9.17, 15) is 4.79 Å². The predicted molar refractivity (Wildman–Crippen MR) is 99.6 cm³/mol. The van der Waals surface area contributed by atoms with Gasteiger partial charge in [0, 0.05) is 40.3 Å². The Balaban J connectivity index is 1.64. The lowest BCUT2D eigenvalue weighted by molar-refractivity contribution is 0.647. The van der Waals surface area contributed by atoms with Gasteiger partial charge in [-0.25, -0.2) is 14.8 Å². The summed E-state index contributed by atoms with van der Waals surface area (Å²) in [5.74, 6) is 0.809. The maximum atomic E-state index is 12.2. The Morgan fingerprint density at radius 3 is 2.36 bits per heavy atom. The van der Waals surface area contributed by atoms with Crippen molar-refractivity contribution in [1.29, 1.82) is 0 Å². The second kappa shape index (κ2) is 6.07. The Hall–Kier alpha value is -2.54. The third-order valence-electron chi connectivity index (χ3n) is 4.78. The minimum absolute atomic E-state index is 0.0912. The molecular weight excluding hydrogens is 340 g/mol. The standard InChI is InChI=1S/C17H19ClN6O/c1-21-14-15(22(2)17(21)25)19-11-20-16(14)24-9-7-23(8-10-24)13-6-4-3-5-12(13)18/h3-6,11H,7-10H2,1-2H3. The Bertz CT molecular complexity index is 986. The van der Waals surface area contributed by atoms with Crippen molar-refractivity contribution in [2.75, 3.05) is 36.0 Å². The molecule has 0 bridgehead atoms. The molecule has 7 nitrogen and oxygen atoms in total. The number of aromatic nitrogens is 4. The molecule has 0 spiro atoms. The van der Waals surface area contributed by atoms with Crippen LogP contribution >= 0.6 is 11.6 Å². The number of para-hydroxylation sites is 1. The first-order chi connectivity index (χ1) is 12.1. The fourth-order valence-electron chi connectivity index (χ4n) is 3.42. The van der Waals surface area contributed by atoms with E-state index < -0.39 is 0 Å². The molecule has 8 heteroatoms. The zero-order valence-corrected chi connectivity index (χ0v) is 14.9. The highest BCUT2D eigenvalue weighted by atomic mass is 35.5. The molecule has 1 aromatic carbocycles. The first kappa shape index (κ1) is 16.0. The summed E-state index contributed by atoms with van der Waals surface area (Å²) in [5.41, 5.74) is 2.41. The lowest BCUT2D eigenvalue weighted by atomic mass is 10.2. The van der Waals surface area contributed by atoms with E-state index >= 15 is 0 Å². The van der Waals surface area contributed by atoms with Gasteiger partial charge >= 0.3 is 5.69 Å². The van der Waals surface area contributed by atoms with Crippen LogP contribution in [0.2, 0.25) is 5.02 Å². The Labute approximate surface area is 150 Å². The minimum Gasteiger partial charge on any atom is -0.367 e. The van der Waals surface area contributed by atoms with E-state index in [1.165, 1.54) is 6.33 Å². The third kappa shape index (κ3) is 2.55. The number of piperazine rings is 1. The number of fused-ring (bicyclic) bond motifs is 1. The fraction of sp³-hybridized carbons (Fsp3) is 0.353. The number of aryl methyl sites for hydroxylation is 2. The van der Waals surface area contributed by atoms with Gasteiger partial charge in [0.05, 0.1) is 10.7 Å². The number of halogens is 1. The van der Waals surface area contributed by atoms with E-state index in [0.717, 1.165) is 48.2 Å². The minimum atomic E-state index is -0.0912. The van der Waals surface area contributed by atoms with Crippen molar-refractivity contribution in [2.45, 2.75) is 0 Å². The van der Waals surface area contributed by atoms with Crippen molar-refractivity contribution in [2.24, 2.45) is 14.1 Å². The van der Waals surface area contributed by atoms with Crippen molar-refractivity contribution in [1.82, 2.24) is 19.1 Å². The smallest absolute Gasteiger partial charge is 0.329 e. The highest BCUT2D eigenvalue weighted by Crippen LogP contribution is 2.28. The molecule has 0 atom stereocenters. The molecule has 0 radical (unpaired) electrons. The van der Waals surface area contributed by atoms with Crippen molar-refractivity contribution in [3.63, 3.8) is 0 Å². The average molecular weight is 359 g/mol. The van der Waals surface area contributed by atoms with Crippen molar-refractivity contribution in [3.05, 3.63) is 46.1 Å². The highest BCUT2D eigenvalue weighted by molar-refractivity contribution is 6.33. The van der Waals surface area contributed by atoms with Gasteiger partial charge in [0.15, 0.2) is 11.5 Å². The SMILES string of the molecule is Cn1c(=O)n(C)c2c(N3CCN(c4ccccc4Cl)CC3)ncnc21. The Kier molecular flexibility index (Phi) is 3.88. The number of imidazole rings is 1. The van der Waals surface area contributed by atoms with Crippen LogP contribution < -0.4 is 15.5 Å². The molecule has 0 aliphatic carbocycles. The van der Waals surface area contributed by atoms with E-state index in [0.29, 0.717) is 5.65 Å². The molecule has 0 amide bonds. The molecule has 0 unspecified atom stereocenters. The zero-order valence-electron chi connectivity index (χ0n) is 14.2. The number of hydrogen-bond acceptors (Lipinski definition) is 5. The summed E-state index contributed by atoms with van der Waals surface area (Å²) in [4.78, 5) is 25.4. The Morgan fingerprint density at radius 1 is 0.960 bits per heavy atom. The van der Waals surface area contributed by atoms with Crippen LogP contribution in [0.4, 0.5) is 11.5 Å². The van der Waals surface area contributed by atoms with Gasteiger partial charge in [0.2, 0.25) is 0 Å². The van der Waals surface area contributed by atoms with Crippen molar-refractivity contribution >= 4 is 34.3 Å². The van der Waals surface area contributed by atoms with E-state index in [4.69, 9.17) is 11.6 Å². The van der Waals surface area contributed by atoms with Gasteiger partial charge in [0.25, 0.3) is 0 Å². The third-order valence-corrected chi connectivity index (χ3v) is 5.10. The van der Waals surface area contributed by atoms with Gasteiger partial charge in [-0.05, 0) is 12.1 Å². The molecule has 0 N–H and O–H groups in total. The average Bonchev–Trinajstić information content (AvgIpc) is 2.87. The van der Waals surface area contributed by atoms with E-state index in [1.807, 2.05) is 24.3 Å². The molecule has 25 heavy (non-hydrogen) atoms. The summed E-state index contributed by atoms with van der Waals surface area (Å²) < 4.78 is 3.17. The van der Waals surface area contributed by atoms with Gasteiger partial charge in [-0.3, -0.25) is 9.13 Å². The molecular formula is C17H19ClN6O. The molecule has 0 saturated carbocycles. The molecule has 4 rings (SSSR count). The second-order valence-corrected chi connectivity index (χ2v) is 6.60. The summed E-state index contributed by atoms with van der Waals surface area (Å²) in [6, 6.07) is 7.90. The summed E-state index contributed by atoms with van der Waals surface area (Å²) in [6.45, 7) is 3.30. The van der Waals surface area contributed by atoms with E-state index in [2.05, 4.69) is 19.8 Å². The van der Waals surface area contributed by atoms with E-state index in [-0.39, 0.29) is 5.69 Å². The van der Waals surface area contributed by atoms with Gasteiger partial charge in [-0.1, -0.05) is 23.7 Å². The summed E-state index contributed by atoms with van der Waals surface area (Å²) in [7, 11) is 3.49. The number of anilines is 2. The lowest BCUT2D eigenvalue weighted by Crippen LogP contribution is -2.47. The molecule has 1 fully saturated rings. The zero-order chi connectivity index (χ0) is 17.6. The van der Waals surface area contributed by atoms with Crippen LogP contribution in [0.3, 0.4) is 0 Å². The van der Waals surface area contributed by atoms with Crippen molar-refractivity contribution in [3.8, 4) is 0 Å². The molecule has 2 aromatic heterocycles. The van der Waals surface area contributed by atoms with Gasteiger partial charge in [-0.2, -0.15) is 0 Å². The number of rotatable bonds is 2. The van der Waals surface area contributed by atoms with Crippen LogP contribution in [0.25, 0.3) is 11.2 Å². The molecule has 130 valence electrons. The van der Waals surface area contributed by atoms with Crippen LogP contribution in [-0.2, 0) is 14.1 Å². The monoisotopic (exact) mass is 358 g/mol. The molecule has 1 aliphatic heterocycles. The van der Waals surface area contributed by atoms with Crippen LogP contribution in [-0.4, -0.2) is 45.3 Å². The Morgan fingerprint density at radius 2 is 1.64 bits per heavy atom. The normalized spacial score (nSPS) is 15.2. The fourth-order valence-corrected chi connectivity index (χ4v) is 3.67. The number of hydrogen-bond donors (Lipinski definition) is 0. The van der Waals surface area contributed by atoms with Gasteiger partial charge in [-0.15, -0.1) is 0 Å². The first-order valence-corrected chi connectivity index (χ1v) is 8.56. The van der Waals surface area contributed by atoms with Crippen LogP contribution in [0.15, 0.2) is 35.4 Å². The van der Waals surface area contributed by atoms with Crippen molar-refractivity contribution < 1.29 is 0 Å². The summed E-state index contributed by atoms with van der Waals surface area (Å²) in [5, 5.41) is 0.769. The number of benzene rings is 1. The molecule has 1 saturated heterocycles. The first-order valence-electron chi connectivity index (χ1n) is 8.19. The maximum Gasteiger partial charge on any atom is 0.329 e. The topological polar surface area (TPSA) is 59.2 Å². The van der Waals surface area contributed by atoms with Crippen LogP contribution in [0, 0.1) is 0 Å². The van der Waals surface area contributed by atoms with Crippen LogP contribution in [0.5, 0.6) is 0 Å². The summed E-state index contributed by atoms with van der Waals surface area (Å²) >= 11 is 6.31.